The maximum atomic E-state index is 12.8. The van der Waals surface area contributed by atoms with E-state index in [1.807, 2.05) is 46.1 Å². The number of nitrogens with one attached hydrogen (secondary N) is 1. The third-order valence-electron chi connectivity index (χ3n) is 3.90. The summed E-state index contributed by atoms with van der Waals surface area (Å²) in [6.45, 7) is 7.82. The van der Waals surface area contributed by atoms with Crippen LogP contribution in [0.5, 0.6) is 0 Å². The third kappa shape index (κ3) is 4.37. The fourth-order valence-electron chi connectivity index (χ4n) is 2.43. The van der Waals surface area contributed by atoms with Crippen molar-refractivity contribution in [3.8, 4) is 6.07 Å². The van der Waals surface area contributed by atoms with E-state index in [-0.39, 0.29) is 17.9 Å². The van der Waals surface area contributed by atoms with Crippen molar-refractivity contribution in [2.24, 2.45) is 0 Å². The Labute approximate surface area is 152 Å². The van der Waals surface area contributed by atoms with E-state index in [1.54, 1.807) is 12.1 Å². The quantitative estimate of drug-likeness (QED) is 0.649. The molecule has 1 heterocycles. The zero-order valence-corrected chi connectivity index (χ0v) is 15.9. The first-order valence-corrected chi connectivity index (χ1v) is 9.33. The van der Waals surface area contributed by atoms with Gasteiger partial charge in [0, 0.05) is 5.92 Å². The zero-order valence-electron chi connectivity index (χ0n) is 15.1. The normalized spacial score (nSPS) is 11.9. The van der Waals surface area contributed by atoms with E-state index in [1.165, 1.54) is 11.8 Å². The molecule has 5 nitrogen and oxygen atoms in total. The van der Waals surface area contributed by atoms with Gasteiger partial charge in [-0.15, -0.1) is 11.8 Å². The van der Waals surface area contributed by atoms with Crippen molar-refractivity contribution >= 4 is 17.7 Å². The Bertz CT molecular complexity index is 809. The lowest BCUT2D eigenvalue weighted by atomic mass is 10.1. The van der Waals surface area contributed by atoms with E-state index in [4.69, 9.17) is 5.26 Å². The first-order chi connectivity index (χ1) is 11.9. The SMILES string of the molecule is CSc1nc(C(C)C)nc(C)c1C(=O)NC(C)c1ccc(C#N)cc1. The average molecular weight is 354 g/mol. The number of rotatable bonds is 5. The molecule has 0 aliphatic rings. The highest BCUT2D eigenvalue weighted by atomic mass is 32.2. The van der Waals surface area contributed by atoms with Gasteiger partial charge >= 0.3 is 0 Å². The van der Waals surface area contributed by atoms with Crippen molar-refractivity contribution in [2.45, 2.75) is 44.7 Å². The van der Waals surface area contributed by atoms with Gasteiger partial charge in [0.25, 0.3) is 5.91 Å². The Hall–Kier alpha value is -2.39. The second kappa shape index (κ2) is 8.13. The van der Waals surface area contributed by atoms with E-state index in [9.17, 15) is 4.79 Å². The molecule has 1 N–H and O–H groups in total. The summed E-state index contributed by atoms with van der Waals surface area (Å²) in [5.41, 5.74) is 2.75. The van der Waals surface area contributed by atoms with Crippen LogP contribution in [-0.4, -0.2) is 22.1 Å². The van der Waals surface area contributed by atoms with Crippen molar-refractivity contribution in [1.29, 1.82) is 5.26 Å². The number of thioether (sulfide) groups is 1. The van der Waals surface area contributed by atoms with Crippen molar-refractivity contribution in [2.75, 3.05) is 6.26 Å². The van der Waals surface area contributed by atoms with Crippen LogP contribution in [0.2, 0.25) is 0 Å². The van der Waals surface area contributed by atoms with Crippen molar-refractivity contribution in [3.63, 3.8) is 0 Å². The van der Waals surface area contributed by atoms with Crippen LogP contribution < -0.4 is 5.32 Å². The first kappa shape index (κ1) is 18.9. The van der Waals surface area contributed by atoms with Crippen LogP contribution in [0.3, 0.4) is 0 Å². The molecule has 0 spiro atoms. The molecule has 1 aromatic carbocycles. The smallest absolute Gasteiger partial charge is 0.256 e. The molecule has 0 radical (unpaired) electrons. The van der Waals surface area contributed by atoms with Gasteiger partial charge in [0.15, 0.2) is 0 Å². The van der Waals surface area contributed by atoms with Gasteiger partial charge in [0.1, 0.15) is 10.9 Å². The Morgan fingerprint density at radius 3 is 2.36 bits per heavy atom. The fourth-order valence-corrected chi connectivity index (χ4v) is 3.06. The maximum Gasteiger partial charge on any atom is 0.256 e. The molecule has 2 rings (SSSR count). The molecule has 1 aromatic heterocycles. The van der Waals surface area contributed by atoms with Crippen LogP contribution >= 0.6 is 11.8 Å². The molecule has 0 saturated heterocycles. The Morgan fingerprint density at radius 2 is 1.84 bits per heavy atom. The van der Waals surface area contributed by atoms with Crippen LogP contribution in [0.15, 0.2) is 29.3 Å². The lowest BCUT2D eigenvalue weighted by molar-refractivity contribution is 0.0935. The molecule has 2 aromatic rings. The summed E-state index contributed by atoms with van der Waals surface area (Å²) in [7, 11) is 0. The highest BCUT2D eigenvalue weighted by Gasteiger charge is 2.21. The van der Waals surface area contributed by atoms with Gasteiger partial charge in [-0.25, -0.2) is 9.97 Å². The number of carbonyl (C=O) groups is 1. The number of benzene rings is 1. The number of aryl methyl sites for hydroxylation is 1. The monoisotopic (exact) mass is 354 g/mol. The molecule has 0 saturated carbocycles. The van der Waals surface area contributed by atoms with E-state index in [2.05, 4.69) is 21.4 Å². The highest BCUT2D eigenvalue weighted by molar-refractivity contribution is 7.98. The average Bonchev–Trinajstić information content (AvgIpc) is 2.60. The van der Waals surface area contributed by atoms with Crippen LogP contribution in [-0.2, 0) is 0 Å². The molecular weight excluding hydrogens is 332 g/mol. The van der Waals surface area contributed by atoms with Gasteiger partial charge in [-0.05, 0) is 37.8 Å². The van der Waals surface area contributed by atoms with Crippen molar-refractivity contribution in [3.05, 3.63) is 52.5 Å². The van der Waals surface area contributed by atoms with Crippen molar-refractivity contribution in [1.82, 2.24) is 15.3 Å². The third-order valence-corrected chi connectivity index (χ3v) is 4.58. The minimum atomic E-state index is -0.186. The predicted octanol–water partition coefficient (Wildman–Crippen LogP) is 3.99. The molecule has 0 aliphatic heterocycles. The minimum Gasteiger partial charge on any atom is -0.345 e. The number of nitriles is 1. The molecule has 6 heteroatoms. The summed E-state index contributed by atoms with van der Waals surface area (Å²) in [5.74, 6) is 0.770. The Kier molecular flexibility index (Phi) is 6.16. The summed E-state index contributed by atoms with van der Waals surface area (Å²) in [5, 5.41) is 12.6. The number of nitrogens with zero attached hydrogens (tertiary/aromatic N) is 3. The largest absolute Gasteiger partial charge is 0.345 e. The summed E-state index contributed by atoms with van der Waals surface area (Å²) in [6.07, 6.45) is 1.91. The van der Waals surface area contributed by atoms with E-state index >= 15 is 0 Å². The molecule has 1 unspecified atom stereocenters. The topological polar surface area (TPSA) is 78.7 Å². The summed E-state index contributed by atoms with van der Waals surface area (Å²) in [4.78, 5) is 21.8. The molecular formula is C19H22N4OS. The number of hydrogen-bond donors (Lipinski definition) is 1. The zero-order chi connectivity index (χ0) is 18.6. The summed E-state index contributed by atoms with van der Waals surface area (Å²) in [6, 6.07) is 9.11. The summed E-state index contributed by atoms with van der Waals surface area (Å²) < 4.78 is 0. The van der Waals surface area contributed by atoms with Gasteiger partial charge in [0.05, 0.1) is 28.9 Å². The number of aromatic nitrogens is 2. The lowest BCUT2D eigenvalue weighted by Crippen LogP contribution is -2.28. The fraction of sp³-hybridized carbons (Fsp3) is 0.368. The Balaban J connectivity index is 2.26. The summed E-state index contributed by atoms with van der Waals surface area (Å²) >= 11 is 1.45. The van der Waals surface area contributed by atoms with E-state index in [0.29, 0.717) is 21.8 Å². The lowest BCUT2D eigenvalue weighted by Gasteiger charge is -2.17. The van der Waals surface area contributed by atoms with Crippen LogP contribution in [0.1, 0.15) is 65.7 Å². The molecule has 1 amide bonds. The standard InChI is InChI=1S/C19H22N4OS/c1-11(2)17-21-13(4)16(19(23-17)25-5)18(24)22-12(3)15-8-6-14(10-20)7-9-15/h6-9,11-12H,1-5H3,(H,22,24). The molecule has 130 valence electrons. The molecule has 0 fully saturated rings. The Morgan fingerprint density at radius 1 is 1.20 bits per heavy atom. The van der Waals surface area contributed by atoms with Crippen LogP contribution in [0.25, 0.3) is 0 Å². The highest BCUT2D eigenvalue weighted by Crippen LogP contribution is 2.24. The van der Waals surface area contributed by atoms with Gasteiger partial charge in [0.2, 0.25) is 0 Å². The minimum absolute atomic E-state index is 0.181. The van der Waals surface area contributed by atoms with Crippen LogP contribution in [0.4, 0.5) is 0 Å². The first-order valence-electron chi connectivity index (χ1n) is 8.10. The van der Waals surface area contributed by atoms with Gasteiger partial charge in [-0.3, -0.25) is 4.79 Å². The molecule has 25 heavy (non-hydrogen) atoms. The van der Waals surface area contributed by atoms with E-state index < -0.39 is 0 Å². The molecule has 1 atom stereocenters. The second-order valence-electron chi connectivity index (χ2n) is 6.14. The van der Waals surface area contributed by atoms with Crippen molar-refractivity contribution < 1.29 is 4.79 Å². The number of hydrogen-bond acceptors (Lipinski definition) is 5. The molecule has 0 aliphatic carbocycles. The van der Waals surface area contributed by atoms with Gasteiger partial charge in [-0.1, -0.05) is 26.0 Å². The van der Waals surface area contributed by atoms with E-state index in [0.717, 1.165) is 11.4 Å². The van der Waals surface area contributed by atoms with Gasteiger partial charge in [-0.2, -0.15) is 5.26 Å². The molecule has 0 bridgehead atoms. The number of amides is 1. The number of carbonyl (C=O) groups excluding carboxylic acids is 1. The van der Waals surface area contributed by atoms with Crippen LogP contribution in [0, 0.1) is 18.3 Å². The second-order valence-corrected chi connectivity index (χ2v) is 6.93. The predicted molar refractivity (Wildman–Crippen MR) is 99.7 cm³/mol. The maximum absolute atomic E-state index is 12.8. The van der Waals surface area contributed by atoms with Gasteiger partial charge < -0.3 is 5.32 Å².